The molecule has 1 atom stereocenters. The van der Waals surface area contributed by atoms with Gasteiger partial charge in [-0.2, -0.15) is 0 Å². The van der Waals surface area contributed by atoms with Gasteiger partial charge in [-0.1, -0.05) is 26.2 Å². The van der Waals surface area contributed by atoms with E-state index in [0.29, 0.717) is 37.8 Å². The van der Waals surface area contributed by atoms with Gasteiger partial charge in [-0.25, -0.2) is 4.98 Å². The Balaban J connectivity index is 2.62. The minimum Gasteiger partial charge on any atom is -0.475 e. The summed E-state index contributed by atoms with van der Waals surface area (Å²) in [7, 11) is 1.62. The van der Waals surface area contributed by atoms with Crippen LogP contribution in [-0.4, -0.2) is 43.4 Å². The van der Waals surface area contributed by atoms with E-state index in [-0.39, 0.29) is 5.91 Å². The number of aromatic nitrogens is 1. The number of hydrogen-bond acceptors (Lipinski definition) is 5. The minimum atomic E-state index is -0.822. The molecular weight excluding hydrogens is 308 g/mol. The number of nitrogens with zero attached hydrogens (tertiary/aromatic N) is 1. The fourth-order valence-electron chi connectivity index (χ4n) is 2.31. The van der Waals surface area contributed by atoms with Gasteiger partial charge in [0.2, 0.25) is 5.88 Å². The molecule has 0 radical (unpaired) electrons. The molecule has 0 saturated carbocycles. The second-order valence-electron chi connectivity index (χ2n) is 5.80. The van der Waals surface area contributed by atoms with E-state index in [1.54, 1.807) is 25.4 Å². The van der Waals surface area contributed by atoms with Gasteiger partial charge in [0.1, 0.15) is 12.2 Å². The van der Waals surface area contributed by atoms with E-state index in [2.05, 4.69) is 17.2 Å². The Labute approximate surface area is 144 Å². The third-order valence-corrected chi connectivity index (χ3v) is 3.73. The van der Waals surface area contributed by atoms with Crippen molar-refractivity contribution in [2.75, 3.05) is 32.2 Å². The summed E-state index contributed by atoms with van der Waals surface area (Å²) >= 11 is 0. The summed E-state index contributed by atoms with van der Waals surface area (Å²) in [6.07, 6.45) is 5.44. The maximum atomic E-state index is 12.6. The Morgan fingerprint density at radius 3 is 2.62 bits per heavy atom. The Bertz CT molecular complexity index is 478. The highest BCUT2D eigenvalue weighted by atomic mass is 16.5. The number of hydrogen-bond donors (Lipinski definition) is 1. The van der Waals surface area contributed by atoms with Crippen LogP contribution in [0.2, 0.25) is 0 Å². The topological polar surface area (TPSA) is 69.7 Å². The lowest BCUT2D eigenvalue weighted by molar-refractivity contribution is -0.139. The molecule has 0 spiro atoms. The van der Waals surface area contributed by atoms with Gasteiger partial charge in [-0.05, 0) is 26.3 Å². The first-order valence-corrected chi connectivity index (χ1v) is 8.59. The number of carbonyl (C=O) groups is 1. The third-order valence-electron chi connectivity index (χ3n) is 3.73. The van der Waals surface area contributed by atoms with Crippen molar-refractivity contribution < 1.29 is 19.0 Å². The lowest BCUT2D eigenvalue weighted by atomic mass is 9.96. The molecule has 1 aromatic rings. The molecule has 1 aromatic heterocycles. The lowest BCUT2D eigenvalue weighted by Crippen LogP contribution is -2.42. The van der Waals surface area contributed by atoms with Crippen molar-refractivity contribution in [3.8, 4) is 5.88 Å². The molecule has 6 heteroatoms. The maximum absolute atomic E-state index is 12.6. The minimum absolute atomic E-state index is 0.143. The van der Waals surface area contributed by atoms with E-state index in [9.17, 15) is 4.79 Å². The average Bonchev–Trinajstić information content (AvgIpc) is 2.57. The van der Waals surface area contributed by atoms with Crippen LogP contribution in [0.5, 0.6) is 5.88 Å². The van der Waals surface area contributed by atoms with Crippen LogP contribution >= 0.6 is 0 Å². The smallest absolute Gasteiger partial charge is 0.256 e. The molecule has 0 bridgehead atoms. The normalized spacial score (nSPS) is 13.3. The van der Waals surface area contributed by atoms with Crippen molar-refractivity contribution in [1.29, 1.82) is 0 Å². The lowest BCUT2D eigenvalue weighted by Gasteiger charge is -2.28. The average molecular weight is 338 g/mol. The SMILES string of the molecule is CCCCCC(C)(OCC)C(=O)Nc1ccc(OCCOC)nc1. The fourth-order valence-corrected chi connectivity index (χ4v) is 2.31. The van der Waals surface area contributed by atoms with Gasteiger partial charge in [-0.15, -0.1) is 0 Å². The molecule has 0 aromatic carbocycles. The van der Waals surface area contributed by atoms with Crippen molar-refractivity contribution in [2.24, 2.45) is 0 Å². The Morgan fingerprint density at radius 2 is 2.04 bits per heavy atom. The van der Waals surface area contributed by atoms with Gasteiger partial charge in [-0.3, -0.25) is 4.79 Å². The molecule has 136 valence electrons. The Morgan fingerprint density at radius 1 is 1.25 bits per heavy atom. The van der Waals surface area contributed by atoms with Crippen molar-refractivity contribution in [3.63, 3.8) is 0 Å². The molecule has 6 nitrogen and oxygen atoms in total. The Hall–Kier alpha value is -1.66. The molecule has 0 aliphatic carbocycles. The highest BCUT2D eigenvalue weighted by Gasteiger charge is 2.33. The number of nitrogens with one attached hydrogen (secondary N) is 1. The quantitative estimate of drug-likeness (QED) is 0.591. The van der Waals surface area contributed by atoms with Crippen LogP contribution in [0.15, 0.2) is 18.3 Å². The molecule has 0 aliphatic heterocycles. The molecule has 0 fully saturated rings. The zero-order valence-corrected chi connectivity index (χ0v) is 15.3. The van der Waals surface area contributed by atoms with Crippen molar-refractivity contribution in [3.05, 3.63) is 18.3 Å². The van der Waals surface area contributed by atoms with Crippen LogP contribution in [-0.2, 0) is 14.3 Å². The van der Waals surface area contributed by atoms with Gasteiger partial charge < -0.3 is 19.5 Å². The molecule has 24 heavy (non-hydrogen) atoms. The summed E-state index contributed by atoms with van der Waals surface area (Å²) < 4.78 is 16.0. The fraction of sp³-hybridized carbons (Fsp3) is 0.667. The molecule has 1 unspecified atom stereocenters. The molecular formula is C18H30N2O4. The van der Waals surface area contributed by atoms with E-state index in [0.717, 1.165) is 19.3 Å². The first-order chi connectivity index (χ1) is 11.6. The van der Waals surface area contributed by atoms with E-state index < -0.39 is 5.60 Å². The van der Waals surface area contributed by atoms with E-state index in [1.165, 1.54) is 0 Å². The summed E-state index contributed by atoms with van der Waals surface area (Å²) in [4.78, 5) is 16.8. The van der Waals surface area contributed by atoms with Crippen LogP contribution in [0.4, 0.5) is 5.69 Å². The molecule has 1 N–H and O–H groups in total. The molecule has 1 heterocycles. The van der Waals surface area contributed by atoms with Gasteiger partial charge in [0.15, 0.2) is 0 Å². The van der Waals surface area contributed by atoms with Crippen LogP contribution in [0.3, 0.4) is 0 Å². The van der Waals surface area contributed by atoms with Crippen molar-refractivity contribution in [2.45, 2.75) is 52.1 Å². The van der Waals surface area contributed by atoms with Gasteiger partial charge >= 0.3 is 0 Å². The Kier molecular flexibility index (Phi) is 9.34. The first-order valence-electron chi connectivity index (χ1n) is 8.59. The largest absolute Gasteiger partial charge is 0.475 e. The third kappa shape index (κ3) is 6.84. The van der Waals surface area contributed by atoms with Gasteiger partial charge in [0.05, 0.1) is 18.5 Å². The maximum Gasteiger partial charge on any atom is 0.256 e. The molecule has 0 aliphatic rings. The zero-order chi connectivity index (χ0) is 17.8. The first kappa shape index (κ1) is 20.4. The van der Waals surface area contributed by atoms with Crippen LogP contribution < -0.4 is 10.1 Å². The second-order valence-corrected chi connectivity index (χ2v) is 5.80. The summed E-state index contributed by atoms with van der Waals surface area (Å²) in [6.45, 7) is 7.33. The van der Waals surface area contributed by atoms with Gasteiger partial charge in [0, 0.05) is 19.8 Å². The number of carbonyl (C=O) groups excluding carboxylic acids is 1. The number of rotatable bonds is 12. The second kappa shape index (κ2) is 11.0. The highest BCUT2D eigenvalue weighted by molar-refractivity contribution is 5.96. The number of amides is 1. The number of anilines is 1. The molecule has 1 amide bonds. The zero-order valence-electron chi connectivity index (χ0n) is 15.3. The summed E-state index contributed by atoms with van der Waals surface area (Å²) in [5.41, 5.74) is -0.196. The highest BCUT2D eigenvalue weighted by Crippen LogP contribution is 2.22. The van der Waals surface area contributed by atoms with Crippen molar-refractivity contribution in [1.82, 2.24) is 4.98 Å². The van der Waals surface area contributed by atoms with Crippen LogP contribution in [0.1, 0.15) is 46.5 Å². The van der Waals surface area contributed by atoms with Crippen LogP contribution in [0.25, 0.3) is 0 Å². The predicted octanol–water partition coefficient (Wildman–Crippen LogP) is 3.42. The summed E-state index contributed by atoms with van der Waals surface area (Å²) in [5, 5.41) is 2.88. The van der Waals surface area contributed by atoms with Crippen molar-refractivity contribution >= 4 is 11.6 Å². The number of pyridine rings is 1. The molecule has 0 saturated heterocycles. The number of ether oxygens (including phenoxy) is 3. The van der Waals surface area contributed by atoms with E-state index in [1.807, 2.05) is 13.8 Å². The van der Waals surface area contributed by atoms with E-state index >= 15 is 0 Å². The predicted molar refractivity (Wildman–Crippen MR) is 94.4 cm³/mol. The van der Waals surface area contributed by atoms with Crippen LogP contribution in [0, 0.1) is 0 Å². The number of unbranched alkanes of at least 4 members (excludes halogenated alkanes) is 2. The van der Waals surface area contributed by atoms with Gasteiger partial charge in [0.25, 0.3) is 5.91 Å². The monoisotopic (exact) mass is 338 g/mol. The summed E-state index contributed by atoms with van der Waals surface area (Å²) in [5.74, 6) is 0.357. The molecule has 1 rings (SSSR count). The standard InChI is InChI=1S/C18H30N2O4/c1-5-7-8-11-18(3,24-6-2)17(21)20-15-9-10-16(19-14-15)23-13-12-22-4/h9-10,14H,5-8,11-13H2,1-4H3,(H,20,21). The summed E-state index contributed by atoms with van der Waals surface area (Å²) in [6, 6.07) is 3.49. The number of methoxy groups -OCH3 is 1. The van der Waals surface area contributed by atoms with E-state index in [4.69, 9.17) is 14.2 Å².